The van der Waals surface area contributed by atoms with E-state index in [4.69, 9.17) is 29.4 Å². The van der Waals surface area contributed by atoms with Crippen molar-refractivity contribution in [2.75, 3.05) is 6.61 Å². The Kier molecular flexibility index (Phi) is 6.70. The topological polar surface area (TPSA) is 241 Å². The van der Waals surface area contributed by atoms with Crippen molar-refractivity contribution in [3.8, 4) is 0 Å². The molecule has 8 N–H and O–H groups in total. The molecule has 0 saturated heterocycles. The molecule has 5 atom stereocenters. The highest BCUT2D eigenvalue weighted by molar-refractivity contribution is 7.46. The second-order valence-electron chi connectivity index (χ2n) is 4.55. The van der Waals surface area contributed by atoms with Gasteiger partial charge in [0.25, 0.3) is 0 Å². The number of hydrogen-bond donors (Lipinski definition) is 8. The summed E-state index contributed by atoms with van der Waals surface area (Å²) in [6, 6.07) is 0. The SMILES string of the molecule is O=P(O)(O)OC[C@H]1[C@@H](O)[C@H](O)[C@@H](OP(=O)(O)O)[C@@H]1OP(=O)(O)O. The molecule has 17 heteroatoms. The van der Waals surface area contributed by atoms with Gasteiger partial charge in [0.05, 0.1) is 12.7 Å². The Morgan fingerprint density at radius 3 is 1.52 bits per heavy atom. The maximum Gasteiger partial charge on any atom is 0.470 e. The summed E-state index contributed by atoms with van der Waals surface area (Å²) in [5, 5.41) is 19.4. The fraction of sp³-hybridized carbons (Fsp3) is 1.00. The molecule has 0 unspecified atom stereocenters. The summed E-state index contributed by atoms with van der Waals surface area (Å²) in [5.74, 6) is -1.67. The van der Waals surface area contributed by atoms with Crippen LogP contribution < -0.4 is 0 Å². The molecule has 1 saturated carbocycles. The molecule has 1 aliphatic rings. The lowest BCUT2D eigenvalue weighted by atomic mass is 10.1. The maximum absolute atomic E-state index is 10.9. The summed E-state index contributed by atoms with van der Waals surface area (Å²) < 4.78 is 44.9. The lowest BCUT2D eigenvalue weighted by Gasteiger charge is -2.25. The van der Waals surface area contributed by atoms with Gasteiger partial charge in [-0.1, -0.05) is 0 Å². The van der Waals surface area contributed by atoms with Gasteiger partial charge in [0.2, 0.25) is 0 Å². The van der Waals surface area contributed by atoms with Crippen LogP contribution in [0.25, 0.3) is 0 Å². The van der Waals surface area contributed by atoms with E-state index in [1.807, 2.05) is 0 Å². The fourth-order valence-corrected chi connectivity index (χ4v) is 3.56. The van der Waals surface area contributed by atoms with Gasteiger partial charge in [-0.25, -0.2) is 13.7 Å². The van der Waals surface area contributed by atoms with E-state index in [0.717, 1.165) is 0 Å². The molecule has 0 heterocycles. The molecule has 0 aromatic heterocycles. The Morgan fingerprint density at radius 2 is 1.13 bits per heavy atom. The minimum atomic E-state index is -5.28. The molecule has 23 heavy (non-hydrogen) atoms. The summed E-state index contributed by atoms with van der Waals surface area (Å²) in [5.41, 5.74) is 0. The van der Waals surface area contributed by atoms with Gasteiger partial charge in [0, 0.05) is 5.92 Å². The van der Waals surface area contributed by atoms with E-state index in [0.29, 0.717) is 0 Å². The normalized spacial score (nSPS) is 33.1. The number of aliphatic hydroxyl groups is 2. The molecule has 1 fully saturated rings. The first-order valence-corrected chi connectivity index (χ1v) is 10.2. The average Bonchev–Trinajstić information content (AvgIpc) is 2.47. The second-order valence-corrected chi connectivity index (χ2v) is 8.18. The predicted octanol–water partition coefficient (Wildman–Crippen LogP) is -2.60. The summed E-state index contributed by atoms with van der Waals surface area (Å²) in [6.07, 6.45) is -8.16. The van der Waals surface area contributed by atoms with Crippen molar-refractivity contribution in [2.45, 2.75) is 24.4 Å². The zero-order valence-electron chi connectivity index (χ0n) is 11.0. The van der Waals surface area contributed by atoms with Crippen molar-refractivity contribution in [3.63, 3.8) is 0 Å². The van der Waals surface area contributed by atoms with Crippen molar-refractivity contribution in [1.29, 1.82) is 0 Å². The third kappa shape index (κ3) is 6.94. The minimum absolute atomic E-state index is 1.05. The van der Waals surface area contributed by atoms with Crippen molar-refractivity contribution >= 4 is 23.5 Å². The Hall–Kier alpha value is 0.250. The van der Waals surface area contributed by atoms with Gasteiger partial charge in [-0.2, -0.15) is 0 Å². The summed E-state index contributed by atoms with van der Waals surface area (Å²) in [4.78, 5) is 52.2. The number of phosphoric ester groups is 3. The Morgan fingerprint density at radius 1 is 0.696 bits per heavy atom. The highest BCUT2D eigenvalue weighted by Gasteiger charge is 2.55. The van der Waals surface area contributed by atoms with E-state index >= 15 is 0 Å². The van der Waals surface area contributed by atoms with Crippen LogP contribution in [0, 0.1) is 5.92 Å². The van der Waals surface area contributed by atoms with Gasteiger partial charge < -0.3 is 39.6 Å². The summed E-state index contributed by atoms with van der Waals surface area (Å²) >= 11 is 0. The van der Waals surface area contributed by atoms with E-state index in [9.17, 15) is 23.9 Å². The van der Waals surface area contributed by atoms with E-state index in [-0.39, 0.29) is 0 Å². The molecule has 0 spiro atoms. The molecule has 0 bridgehead atoms. The lowest BCUT2D eigenvalue weighted by molar-refractivity contribution is -0.0389. The molecule has 1 rings (SSSR count). The first-order valence-electron chi connectivity index (χ1n) is 5.65. The first kappa shape index (κ1) is 21.3. The predicted molar refractivity (Wildman–Crippen MR) is 67.3 cm³/mol. The van der Waals surface area contributed by atoms with E-state index in [1.54, 1.807) is 0 Å². The number of phosphoric acid groups is 3. The number of aliphatic hydroxyl groups excluding tert-OH is 2. The average molecular weight is 404 g/mol. The monoisotopic (exact) mass is 404 g/mol. The van der Waals surface area contributed by atoms with Crippen LogP contribution in [0.15, 0.2) is 0 Å². The highest BCUT2D eigenvalue weighted by atomic mass is 31.2. The van der Waals surface area contributed by atoms with Crippen LogP contribution in [0.1, 0.15) is 0 Å². The van der Waals surface area contributed by atoms with Crippen LogP contribution >= 0.6 is 23.5 Å². The zero-order chi connectivity index (χ0) is 18.2. The van der Waals surface area contributed by atoms with Crippen molar-refractivity contribution in [1.82, 2.24) is 0 Å². The molecule has 0 radical (unpaired) electrons. The van der Waals surface area contributed by atoms with Gasteiger partial charge in [-0.3, -0.25) is 13.6 Å². The highest BCUT2D eigenvalue weighted by Crippen LogP contribution is 2.50. The van der Waals surface area contributed by atoms with Gasteiger partial charge in [-0.15, -0.1) is 0 Å². The second kappa shape index (κ2) is 7.24. The summed E-state index contributed by atoms with van der Waals surface area (Å²) in [6.45, 7) is -1.05. The Bertz CT molecular complexity index is 545. The van der Waals surface area contributed by atoms with Crippen LogP contribution in [-0.4, -0.2) is 70.6 Å². The van der Waals surface area contributed by atoms with Gasteiger partial charge in [0.15, 0.2) is 0 Å². The first-order chi connectivity index (χ1) is 10.1. The van der Waals surface area contributed by atoms with Crippen molar-refractivity contribution < 1.29 is 66.8 Å². The molecular weight excluding hydrogens is 389 g/mol. The van der Waals surface area contributed by atoms with E-state index in [2.05, 4.69) is 13.6 Å². The van der Waals surface area contributed by atoms with E-state index < -0.39 is 60.4 Å². The molecule has 1 aliphatic carbocycles. The van der Waals surface area contributed by atoms with Crippen LogP contribution in [0.4, 0.5) is 0 Å². The quantitative estimate of drug-likeness (QED) is 0.203. The van der Waals surface area contributed by atoms with Crippen molar-refractivity contribution in [3.05, 3.63) is 0 Å². The fourth-order valence-electron chi connectivity index (χ4n) is 2.03. The summed E-state index contributed by atoms with van der Waals surface area (Å²) in [7, 11) is -15.6. The standard InChI is InChI=1S/C6H15O14P3/c7-3-2(1-18-21(9,10)11)5(19-22(12,13)14)6(4(3)8)20-23(15,16)17/h2-8H,1H2,(H2,9,10,11)(H2,12,13,14)(H2,15,16,17)/t2-,3+,4-,5+,6+/m0/s1. The smallest absolute Gasteiger partial charge is 0.390 e. The molecule has 0 amide bonds. The van der Waals surface area contributed by atoms with Gasteiger partial charge in [-0.05, 0) is 0 Å². The van der Waals surface area contributed by atoms with Gasteiger partial charge >= 0.3 is 23.5 Å². The zero-order valence-corrected chi connectivity index (χ0v) is 13.6. The van der Waals surface area contributed by atoms with Crippen LogP contribution in [0.2, 0.25) is 0 Å². The third-order valence-electron chi connectivity index (χ3n) is 2.82. The molecule has 0 aromatic carbocycles. The largest absolute Gasteiger partial charge is 0.470 e. The molecule has 0 aromatic rings. The number of rotatable bonds is 7. The maximum atomic E-state index is 10.9. The Balaban J connectivity index is 3.07. The minimum Gasteiger partial charge on any atom is -0.390 e. The molecular formula is C6H15O14P3. The lowest BCUT2D eigenvalue weighted by Crippen LogP contribution is -2.35. The molecule has 138 valence electrons. The van der Waals surface area contributed by atoms with Crippen LogP contribution in [0.3, 0.4) is 0 Å². The third-order valence-corrected chi connectivity index (χ3v) is 4.35. The molecule has 14 nitrogen and oxygen atoms in total. The van der Waals surface area contributed by atoms with Crippen LogP contribution in [-0.2, 0) is 27.3 Å². The number of hydrogen-bond acceptors (Lipinski definition) is 8. The van der Waals surface area contributed by atoms with Gasteiger partial charge in [0.1, 0.15) is 18.3 Å². The van der Waals surface area contributed by atoms with Crippen LogP contribution in [0.5, 0.6) is 0 Å². The van der Waals surface area contributed by atoms with E-state index in [1.165, 1.54) is 0 Å². The van der Waals surface area contributed by atoms with Crippen molar-refractivity contribution in [2.24, 2.45) is 5.92 Å². The molecule has 0 aliphatic heterocycles. The Labute approximate surface area is 128 Å².